The number of phenolic OH excluding ortho intramolecular Hbond substituents is 1. The van der Waals surface area contributed by atoms with Crippen molar-refractivity contribution >= 4 is 38.9 Å². The predicted octanol–water partition coefficient (Wildman–Crippen LogP) is 3.42. The second-order valence-electron chi connectivity index (χ2n) is 5.09. The number of rotatable bonds is 6. The Kier molecular flexibility index (Phi) is 6.22. The first kappa shape index (κ1) is 20.2. The maximum Gasteiger partial charge on any atom is 0.280 e. The Morgan fingerprint density at radius 2 is 1.85 bits per heavy atom. The van der Waals surface area contributed by atoms with E-state index in [0.29, 0.717) is 5.75 Å². The van der Waals surface area contributed by atoms with Gasteiger partial charge in [-0.05, 0) is 31.2 Å². The predicted molar refractivity (Wildman–Crippen MR) is 100 cm³/mol. The number of nitrogens with zero attached hydrogens (tertiary/aromatic N) is 1. The Bertz CT molecular complexity index is 961. The lowest BCUT2D eigenvalue weighted by molar-refractivity contribution is 0.392. The molecule has 0 saturated carbocycles. The molecule has 2 aromatic rings. The van der Waals surface area contributed by atoms with Crippen LogP contribution in [0.4, 0.5) is 0 Å². The number of sulfonamides is 1. The van der Waals surface area contributed by atoms with Crippen LogP contribution in [0.2, 0.25) is 10.0 Å². The van der Waals surface area contributed by atoms with Gasteiger partial charge in [-0.1, -0.05) is 23.2 Å². The van der Waals surface area contributed by atoms with Crippen molar-refractivity contribution in [2.24, 2.45) is 5.10 Å². The van der Waals surface area contributed by atoms with Crippen molar-refractivity contribution in [1.82, 2.24) is 4.83 Å². The SMILES string of the molecule is COc1ccc(OC)c(S(=O)(=O)NN=C(C)c2cc(Cl)cc(Cl)c2O)c1. The summed E-state index contributed by atoms with van der Waals surface area (Å²) in [7, 11) is -1.30. The van der Waals surface area contributed by atoms with Crippen LogP contribution in [0.3, 0.4) is 0 Å². The minimum absolute atomic E-state index is 0.0272. The molecule has 0 aliphatic heterocycles. The summed E-state index contributed by atoms with van der Waals surface area (Å²) in [4.78, 5) is 1.94. The summed E-state index contributed by atoms with van der Waals surface area (Å²) in [6.45, 7) is 1.49. The van der Waals surface area contributed by atoms with Gasteiger partial charge in [-0.2, -0.15) is 18.4 Å². The third-order valence-corrected chi connectivity index (χ3v) is 5.15. The van der Waals surface area contributed by atoms with Gasteiger partial charge in [0, 0.05) is 16.7 Å². The van der Waals surface area contributed by atoms with Crippen molar-refractivity contribution < 1.29 is 23.0 Å². The van der Waals surface area contributed by atoms with E-state index in [2.05, 4.69) is 9.93 Å². The van der Waals surface area contributed by atoms with Crippen LogP contribution >= 0.6 is 23.2 Å². The lowest BCUT2D eigenvalue weighted by atomic mass is 10.1. The molecule has 0 unspecified atom stereocenters. The number of hydrazone groups is 1. The minimum atomic E-state index is -4.06. The average molecular weight is 419 g/mol. The van der Waals surface area contributed by atoms with Crippen LogP contribution in [0, 0.1) is 0 Å². The average Bonchev–Trinajstić information content (AvgIpc) is 2.62. The van der Waals surface area contributed by atoms with Crippen molar-refractivity contribution in [2.45, 2.75) is 11.8 Å². The highest BCUT2D eigenvalue weighted by Crippen LogP contribution is 2.32. The molecule has 2 rings (SSSR count). The molecule has 10 heteroatoms. The molecule has 0 spiro atoms. The topological polar surface area (TPSA) is 97.2 Å². The van der Waals surface area contributed by atoms with Gasteiger partial charge in [0.15, 0.2) is 0 Å². The molecule has 2 aromatic carbocycles. The first-order valence-corrected chi connectivity index (χ1v) is 9.40. The van der Waals surface area contributed by atoms with E-state index in [1.807, 2.05) is 0 Å². The minimum Gasteiger partial charge on any atom is -0.506 e. The van der Waals surface area contributed by atoms with Crippen LogP contribution in [0.15, 0.2) is 40.3 Å². The maximum absolute atomic E-state index is 12.6. The Hall–Kier alpha value is -2.16. The van der Waals surface area contributed by atoms with E-state index in [1.165, 1.54) is 45.4 Å². The van der Waals surface area contributed by atoms with Gasteiger partial charge in [-0.25, -0.2) is 0 Å². The monoisotopic (exact) mass is 418 g/mol. The number of hydrogen-bond acceptors (Lipinski definition) is 6. The normalized spacial score (nSPS) is 12.0. The van der Waals surface area contributed by atoms with E-state index in [0.717, 1.165) is 0 Å². The molecular weight excluding hydrogens is 403 g/mol. The summed E-state index contributed by atoms with van der Waals surface area (Å²) in [6, 6.07) is 7.12. The van der Waals surface area contributed by atoms with E-state index < -0.39 is 10.0 Å². The van der Waals surface area contributed by atoms with Crippen LogP contribution in [-0.2, 0) is 10.0 Å². The zero-order valence-corrected chi connectivity index (χ0v) is 16.4. The molecule has 140 valence electrons. The van der Waals surface area contributed by atoms with Crippen LogP contribution in [0.1, 0.15) is 12.5 Å². The van der Waals surface area contributed by atoms with Crippen molar-refractivity contribution in [3.8, 4) is 17.2 Å². The molecule has 0 aliphatic rings. The summed E-state index contributed by atoms with van der Waals surface area (Å²) in [5.41, 5.74) is 0.361. The van der Waals surface area contributed by atoms with Crippen molar-refractivity contribution in [3.05, 3.63) is 45.9 Å². The smallest absolute Gasteiger partial charge is 0.280 e. The summed E-state index contributed by atoms with van der Waals surface area (Å²) in [5.74, 6) is 0.210. The summed E-state index contributed by atoms with van der Waals surface area (Å²) in [6.07, 6.45) is 0. The number of nitrogens with one attached hydrogen (secondary N) is 1. The molecule has 0 bridgehead atoms. The highest BCUT2D eigenvalue weighted by Gasteiger charge is 2.21. The number of phenols is 1. The van der Waals surface area contributed by atoms with Gasteiger partial charge in [-0.15, -0.1) is 0 Å². The maximum atomic E-state index is 12.6. The molecule has 0 aromatic heterocycles. The lowest BCUT2D eigenvalue weighted by Gasteiger charge is -2.11. The fourth-order valence-electron chi connectivity index (χ4n) is 2.07. The molecule has 0 fully saturated rings. The van der Waals surface area contributed by atoms with Crippen molar-refractivity contribution in [3.63, 3.8) is 0 Å². The molecular formula is C16H16Cl2N2O5S. The summed E-state index contributed by atoms with van der Waals surface area (Å²) >= 11 is 11.8. The van der Waals surface area contributed by atoms with E-state index in [-0.39, 0.29) is 37.7 Å². The third kappa shape index (κ3) is 4.32. The Morgan fingerprint density at radius 1 is 1.15 bits per heavy atom. The van der Waals surface area contributed by atoms with E-state index in [1.54, 1.807) is 6.07 Å². The van der Waals surface area contributed by atoms with Gasteiger partial charge in [0.1, 0.15) is 22.1 Å². The van der Waals surface area contributed by atoms with Crippen LogP contribution in [0.5, 0.6) is 17.2 Å². The Morgan fingerprint density at radius 3 is 2.46 bits per heavy atom. The van der Waals surface area contributed by atoms with Crippen LogP contribution in [0.25, 0.3) is 0 Å². The quantitative estimate of drug-likeness (QED) is 0.553. The van der Waals surface area contributed by atoms with Crippen LogP contribution in [-0.4, -0.2) is 33.5 Å². The van der Waals surface area contributed by atoms with E-state index in [4.69, 9.17) is 32.7 Å². The molecule has 7 nitrogen and oxygen atoms in total. The molecule has 0 aliphatic carbocycles. The highest BCUT2D eigenvalue weighted by atomic mass is 35.5. The number of aromatic hydroxyl groups is 1. The van der Waals surface area contributed by atoms with Gasteiger partial charge < -0.3 is 14.6 Å². The van der Waals surface area contributed by atoms with E-state index in [9.17, 15) is 13.5 Å². The van der Waals surface area contributed by atoms with Gasteiger partial charge >= 0.3 is 0 Å². The van der Waals surface area contributed by atoms with Gasteiger partial charge in [0.2, 0.25) is 0 Å². The zero-order valence-electron chi connectivity index (χ0n) is 14.1. The van der Waals surface area contributed by atoms with E-state index >= 15 is 0 Å². The van der Waals surface area contributed by atoms with Crippen LogP contribution < -0.4 is 14.3 Å². The summed E-state index contributed by atoms with van der Waals surface area (Å²) in [5, 5.41) is 14.1. The third-order valence-electron chi connectivity index (χ3n) is 3.41. The number of hydrogen-bond donors (Lipinski definition) is 2. The van der Waals surface area contributed by atoms with Crippen molar-refractivity contribution in [2.75, 3.05) is 14.2 Å². The number of methoxy groups -OCH3 is 2. The number of halogens is 2. The highest BCUT2D eigenvalue weighted by molar-refractivity contribution is 7.89. The standard InChI is InChI=1S/C16H16Cl2N2O5S/c1-9(12-6-10(17)7-13(18)16(12)21)19-20-26(22,23)15-8-11(24-2)4-5-14(15)25-3/h4-8,20-21H,1-3H3. The second-order valence-corrected chi connectivity index (χ2v) is 7.57. The first-order valence-electron chi connectivity index (χ1n) is 7.16. The molecule has 0 radical (unpaired) electrons. The number of ether oxygens (including phenoxy) is 2. The second kappa shape index (κ2) is 8.03. The molecule has 26 heavy (non-hydrogen) atoms. The Balaban J connectivity index is 2.40. The van der Waals surface area contributed by atoms with Gasteiger partial charge in [-0.3, -0.25) is 0 Å². The lowest BCUT2D eigenvalue weighted by Crippen LogP contribution is -2.20. The van der Waals surface area contributed by atoms with Gasteiger partial charge in [0.25, 0.3) is 10.0 Å². The largest absolute Gasteiger partial charge is 0.506 e. The van der Waals surface area contributed by atoms with Gasteiger partial charge in [0.05, 0.1) is 25.0 Å². The fraction of sp³-hybridized carbons (Fsp3) is 0.188. The molecule has 2 N–H and O–H groups in total. The first-order chi connectivity index (χ1) is 12.2. The molecule has 0 atom stereocenters. The molecule has 0 heterocycles. The molecule has 0 saturated heterocycles. The number of benzene rings is 2. The molecule has 0 amide bonds. The van der Waals surface area contributed by atoms with Crippen molar-refractivity contribution in [1.29, 1.82) is 0 Å². The fourth-order valence-corrected chi connectivity index (χ4v) is 3.61. The zero-order chi connectivity index (χ0) is 19.5. The summed E-state index contributed by atoms with van der Waals surface area (Å²) < 4.78 is 35.2. The Labute approximate surface area is 161 Å².